The van der Waals surface area contributed by atoms with Crippen LogP contribution < -0.4 is 5.73 Å². The van der Waals surface area contributed by atoms with Crippen LogP contribution in [-0.4, -0.2) is 9.78 Å². The first kappa shape index (κ1) is 9.56. The predicted octanol–water partition coefficient (Wildman–Crippen LogP) is 2.35. The summed E-state index contributed by atoms with van der Waals surface area (Å²) in [6.45, 7) is 5.28. The molecule has 3 heteroatoms. The van der Waals surface area contributed by atoms with Crippen LogP contribution >= 0.6 is 0 Å². The van der Waals surface area contributed by atoms with Gasteiger partial charge in [0.1, 0.15) is 0 Å². The van der Waals surface area contributed by atoms with Crippen molar-refractivity contribution in [3.05, 3.63) is 11.9 Å². The maximum absolute atomic E-state index is 5.78. The van der Waals surface area contributed by atoms with Crippen LogP contribution in [0.1, 0.15) is 38.3 Å². The topological polar surface area (TPSA) is 43.8 Å². The van der Waals surface area contributed by atoms with Crippen molar-refractivity contribution < 1.29 is 0 Å². The molecule has 1 fully saturated rings. The Kier molecular flexibility index (Phi) is 2.25. The van der Waals surface area contributed by atoms with Crippen LogP contribution in [0.2, 0.25) is 0 Å². The second-order valence-electron chi connectivity index (χ2n) is 4.57. The van der Waals surface area contributed by atoms with E-state index in [0.717, 1.165) is 17.9 Å². The molecule has 3 nitrogen and oxygen atoms in total. The highest BCUT2D eigenvalue weighted by molar-refractivity contribution is 5.39. The summed E-state index contributed by atoms with van der Waals surface area (Å²) in [7, 11) is 0. The largest absolute Gasteiger partial charge is 0.396 e. The average Bonchev–Trinajstić information content (AvgIpc) is 2.39. The number of nitrogens with zero attached hydrogens (tertiary/aromatic N) is 2. The summed E-state index contributed by atoms with van der Waals surface area (Å²) in [6, 6.07) is 0. The van der Waals surface area contributed by atoms with Crippen LogP contribution in [0.5, 0.6) is 0 Å². The zero-order chi connectivity index (χ0) is 10.2. The molecule has 1 aliphatic carbocycles. The highest BCUT2D eigenvalue weighted by atomic mass is 15.3. The van der Waals surface area contributed by atoms with Crippen LogP contribution in [0.4, 0.5) is 5.69 Å². The molecule has 2 N–H and O–H groups in total. The first-order valence-corrected chi connectivity index (χ1v) is 5.45. The zero-order valence-corrected chi connectivity index (χ0v) is 9.08. The molecule has 0 radical (unpaired) electrons. The minimum atomic E-state index is 0.519. The zero-order valence-electron chi connectivity index (χ0n) is 9.08. The van der Waals surface area contributed by atoms with E-state index >= 15 is 0 Å². The van der Waals surface area contributed by atoms with E-state index in [-0.39, 0.29) is 0 Å². The van der Waals surface area contributed by atoms with Crippen LogP contribution in [0, 0.1) is 12.3 Å². The molecule has 0 aliphatic heterocycles. The summed E-state index contributed by atoms with van der Waals surface area (Å²) in [5.41, 5.74) is 8.07. The summed E-state index contributed by atoms with van der Waals surface area (Å²) in [5.74, 6) is 0. The fourth-order valence-corrected chi connectivity index (χ4v) is 2.26. The Morgan fingerprint density at radius 2 is 2.29 bits per heavy atom. The van der Waals surface area contributed by atoms with Gasteiger partial charge in [-0.3, -0.25) is 4.68 Å². The third-order valence-electron chi connectivity index (χ3n) is 3.65. The Morgan fingerprint density at radius 1 is 1.57 bits per heavy atom. The van der Waals surface area contributed by atoms with Gasteiger partial charge in [-0.05, 0) is 31.6 Å². The second kappa shape index (κ2) is 3.30. The van der Waals surface area contributed by atoms with Gasteiger partial charge in [0.25, 0.3) is 0 Å². The molecule has 0 spiro atoms. The number of aryl methyl sites for hydroxylation is 1. The summed E-state index contributed by atoms with van der Waals surface area (Å²) in [5, 5.41) is 4.42. The summed E-state index contributed by atoms with van der Waals surface area (Å²) in [4.78, 5) is 0. The minimum absolute atomic E-state index is 0.519. The van der Waals surface area contributed by atoms with Gasteiger partial charge in [-0.15, -0.1) is 0 Å². The summed E-state index contributed by atoms with van der Waals surface area (Å²) < 4.78 is 2.02. The van der Waals surface area contributed by atoms with Crippen LogP contribution in [0.15, 0.2) is 6.20 Å². The molecule has 0 amide bonds. The number of aromatic nitrogens is 2. The molecule has 0 bridgehead atoms. The van der Waals surface area contributed by atoms with Crippen molar-refractivity contribution in [3.63, 3.8) is 0 Å². The lowest BCUT2D eigenvalue weighted by atomic mass is 9.67. The number of hydrogen-bond donors (Lipinski definition) is 1. The fraction of sp³-hybridized carbons (Fsp3) is 0.727. The van der Waals surface area contributed by atoms with Gasteiger partial charge in [0.05, 0.1) is 11.4 Å². The molecule has 1 aromatic rings. The van der Waals surface area contributed by atoms with E-state index in [1.54, 1.807) is 0 Å². The molecule has 1 aliphatic rings. The predicted molar refractivity (Wildman–Crippen MR) is 58.0 cm³/mol. The maximum atomic E-state index is 5.78. The molecule has 1 aromatic heterocycles. The number of nitrogen functional groups attached to an aromatic ring is 1. The Hall–Kier alpha value is -0.990. The number of nitrogens with two attached hydrogens (primary N) is 1. The van der Waals surface area contributed by atoms with Crippen molar-refractivity contribution in [3.8, 4) is 0 Å². The number of hydrogen-bond acceptors (Lipinski definition) is 2. The Labute approximate surface area is 85.3 Å². The first-order valence-electron chi connectivity index (χ1n) is 5.45. The average molecular weight is 193 g/mol. The van der Waals surface area contributed by atoms with E-state index in [0.29, 0.717) is 5.41 Å². The summed E-state index contributed by atoms with van der Waals surface area (Å²) >= 11 is 0. The van der Waals surface area contributed by atoms with Crippen molar-refractivity contribution in [1.29, 1.82) is 0 Å². The highest BCUT2D eigenvalue weighted by Gasteiger charge is 2.35. The van der Waals surface area contributed by atoms with Crippen molar-refractivity contribution in [2.75, 3.05) is 5.73 Å². The van der Waals surface area contributed by atoms with Crippen molar-refractivity contribution in [2.24, 2.45) is 5.41 Å². The molecule has 0 aromatic carbocycles. The van der Waals surface area contributed by atoms with Crippen molar-refractivity contribution in [2.45, 2.75) is 46.1 Å². The van der Waals surface area contributed by atoms with E-state index in [4.69, 9.17) is 5.73 Å². The van der Waals surface area contributed by atoms with Gasteiger partial charge in [-0.25, -0.2) is 0 Å². The van der Waals surface area contributed by atoms with Crippen LogP contribution in [0.25, 0.3) is 0 Å². The molecule has 2 rings (SSSR count). The molecule has 14 heavy (non-hydrogen) atoms. The monoisotopic (exact) mass is 193 g/mol. The van der Waals surface area contributed by atoms with Crippen molar-refractivity contribution in [1.82, 2.24) is 9.78 Å². The van der Waals surface area contributed by atoms with Gasteiger partial charge in [0, 0.05) is 12.7 Å². The van der Waals surface area contributed by atoms with Gasteiger partial charge in [0.15, 0.2) is 0 Å². The number of rotatable bonds is 3. The third-order valence-corrected chi connectivity index (χ3v) is 3.65. The van der Waals surface area contributed by atoms with Crippen molar-refractivity contribution >= 4 is 5.69 Å². The molecule has 78 valence electrons. The molecule has 0 unspecified atom stereocenters. The standard InChI is InChI=1S/C11H19N3/c1-3-11(5-4-6-11)8-14-7-10(12)9(2)13-14/h7H,3-6,8,12H2,1-2H3. The van der Waals surface area contributed by atoms with Gasteiger partial charge >= 0.3 is 0 Å². The van der Waals surface area contributed by atoms with Crippen LogP contribution in [0.3, 0.4) is 0 Å². The SMILES string of the molecule is CCC1(Cn2cc(N)c(C)n2)CCC1. The molecule has 0 atom stereocenters. The summed E-state index contributed by atoms with van der Waals surface area (Å²) in [6.07, 6.45) is 7.30. The van der Waals surface area contributed by atoms with E-state index in [9.17, 15) is 0 Å². The number of anilines is 1. The molecule has 0 saturated heterocycles. The Bertz CT molecular complexity index is 298. The first-order chi connectivity index (χ1) is 6.65. The molecule has 1 saturated carbocycles. The molecular formula is C11H19N3. The Morgan fingerprint density at radius 3 is 2.64 bits per heavy atom. The van der Waals surface area contributed by atoms with E-state index in [1.807, 2.05) is 17.8 Å². The normalized spacial score (nSPS) is 19.3. The van der Waals surface area contributed by atoms with Crippen LogP contribution in [-0.2, 0) is 6.54 Å². The second-order valence-corrected chi connectivity index (χ2v) is 4.57. The van der Waals surface area contributed by atoms with Gasteiger partial charge in [0.2, 0.25) is 0 Å². The fourth-order valence-electron chi connectivity index (χ4n) is 2.26. The smallest absolute Gasteiger partial charge is 0.0822 e. The van der Waals surface area contributed by atoms with E-state index in [2.05, 4.69) is 12.0 Å². The van der Waals surface area contributed by atoms with Gasteiger partial charge < -0.3 is 5.73 Å². The van der Waals surface area contributed by atoms with E-state index < -0.39 is 0 Å². The van der Waals surface area contributed by atoms with E-state index in [1.165, 1.54) is 25.7 Å². The lowest BCUT2D eigenvalue weighted by Gasteiger charge is -2.41. The lowest BCUT2D eigenvalue weighted by molar-refractivity contribution is 0.0949. The third kappa shape index (κ3) is 1.51. The van der Waals surface area contributed by atoms with Gasteiger partial charge in [-0.1, -0.05) is 13.3 Å². The molecular weight excluding hydrogens is 174 g/mol. The maximum Gasteiger partial charge on any atom is 0.0822 e. The highest BCUT2D eigenvalue weighted by Crippen LogP contribution is 2.45. The lowest BCUT2D eigenvalue weighted by Crippen LogP contribution is -2.33. The van der Waals surface area contributed by atoms with Gasteiger partial charge in [-0.2, -0.15) is 5.10 Å². The molecule has 1 heterocycles. The Balaban J connectivity index is 2.09. The minimum Gasteiger partial charge on any atom is -0.396 e. The quantitative estimate of drug-likeness (QED) is 0.800.